The van der Waals surface area contributed by atoms with Crippen LogP contribution in [0.1, 0.15) is 33.9 Å². The van der Waals surface area contributed by atoms with Gasteiger partial charge >= 0.3 is 0 Å². The number of hydrogen-bond acceptors (Lipinski definition) is 2. The van der Waals surface area contributed by atoms with Gasteiger partial charge in [-0.1, -0.05) is 12.7 Å². The Morgan fingerprint density at radius 2 is 1.26 bits per heavy atom. The lowest BCUT2D eigenvalue weighted by atomic mass is 10.2. The molecule has 0 fully saturated rings. The zero-order chi connectivity index (χ0) is 18.4. The highest BCUT2D eigenvalue weighted by Gasteiger charge is 2.04. The number of aromatic nitrogens is 4. The molecular weight excluding hydrogens is 332 g/mol. The Hall–Kier alpha value is -3.66. The molecule has 2 aliphatic heterocycles. The summed E-state index contributed by atoms with van der Waals surface area (Å²) in [6.45, 7) is 6.05. The first kappa shape index (κ1) is 15.6. The van der Waals surface area contributed by atoms with E-state index in [1.807, 2.05) is 42.5 Å². The Balaban J connectivity index is 1.90. The fraction of sp³-hybridized carbons (Fsp3) is 0.0435. The van der Waals surface area contributed by atoms with Crippen LogP contribution in [0, 0.1) is 6.92 Å². The summed E-state index contributed by atoms with van der Waals surface area (Å²) in [4.78, 5) is 16.3. The minimum absolute atomic E-state index is 0.901. The summed E-state index contributed by atoms with van der Waals surface area (Å²) in [5.74, 6) is 0. The molecule has 0 spiro atoms. The van der Waals surface area contributed by atoms with Crippen molar-refractivity contribution in [1.29, 1.82) is 0 Å². The molecule has 5 rings (SSSR count). The van der Waals surface area contributed by atoms with Crippen LogP contribution in [0.2, 0.25) is 0 Å². The highest BCUT2D eigenvalue weighted by molar-refractivity contribution is 5.81. The van der Waals surface area contributed by atoms with Gasteiger partial charge in [-0.05, 0) is 78.8 Å². The molecule has 0 saturated heterocycles. The summed E-state index contributed by atoms with van der Waals surface area (Å²) in [5.41, 5.74) is 10.00. The first-order valence-corrected chi connectivity index (χ1v) is 8.88. The molecule has 2 N–H and O–H groups in total. The summed E-state index contributed by atoms with van der Waals surface area (Å²) < 4.78 is 0. The highest BCUT2D eigenvalue weighted by Crippen LogP contribution is 2.21. The maximum Gasteiger partial charge on any atom is 0.0659 e. The molecule has 0 aromatic carbocycles. The molecule has 3 aromatic heterocycles. The van der Waals surface area contributed by atoms with E-state index in [1.54, 1.807) is 0 Å². The van der Waals surface area contributed by atoms with Gasteiger partial charge < -0.3 is 9.97 Å². The van der Waals surface area contributed by atoms with Gasteiger partial charge in [-0.2, -0.15) is 0 Å². The number of fused-ring (bicyclic) bond motifs is 8. The minimum atomic E-state index is 0.901. The molecule has 3 aromatic rings. The zero-order valence-electron chi connectivity index (χ0n) is 15.0. The van der Waals surface area contributed by atoms with Gasteiger partial charge in [0.15, 0.2) is 0 Å². The molecule has 2 aliphatic rings. The van der Waals surface area contributed by atoms with Crippen LogP contribution in [0.4, 0.5) is 0 Å². The van der Waals surface area contributed by atoms with Crippen LogP contribution in [-0.2, 0) is 0 Å². The van der Waals surface area contributed by atoms with Crippen LogP contribution < -0.4 is 0 Å². The summed E-state index contributed by atoms with van der Waals surface area (Å²) >= 11 is 0. The molecule has 0 saturated carbocycles. The maximum atomic E-state index is 4.66. The van der Waals surface area contributed by atoms with Crippen molar-refractivity contribution in [1.82, 2.24) is 19.9 Å². The smallest absolute Gasteiger partial charge is 0.0659 e. The van der Waals surface area contributed by atoms with Crippen molar-refractivity contribution in [3.63, 3.8) is 0 Å². The normalized spacial score (nSPS) is 12.5. The van der Waals surface area contributed by atoms with Crippen LogP contribution in [0.15, 0.2) is 43.0 Å². The van der Waals surface area contributed by atoms with Gasteiger partial charge in [0.25, 0.3) is 0 Å². The van der Waals surface area contributed by atoms with Gasteiger partial charge in [0.1, 0.15) is 0 Å². The number of aryl methyl sites for hydroxylation is 1. The molecule has 0 aliphatic carbocycles. The monoisotopic (exact) mass is 350 g/mol. The third-order valence-corrected chi connectivity index (χ3v) is 4.75. The van der Waals surface area contributed by atoms with Gasteiger partial charge in [0.05, 0.1) is 22.8 Å². The fourth-order valence-corrected chi connectivity index (χ4v) is 3.43. The molecule has 4 heteroatoms. The van der Waals surface area contributed by atoms with Crippen LogP contribution >= 0.6 is 0 Å². The van der Waals surface area contributed by atoms with Crippen molar-refractivity contribution in [2.24, 2.45) is 0 Å². The van der Waals surface area contributed by atoms with Gasteiger partial charge in [0, 0.05) is 22.1 Å². The second-order valence-corrected chi connectivity index (χ2v) is 6.79. The number of rotatable bonds is 1. The first-order valence-electron chi connectivity index (χ1n) is 8.88. The SMILES string of the molecule is C=Cc1cc2cc3nc(cc4nc(cc5cc(C)c(cc1[nH]2)[nH]5)C=C4)C=C3. The number of aromatic amines is 2. The number of nitrogens with one attached hydrogen (secondary N) is 2. The molecular formula is C23H18N4. The Morgan fingerprint density at radius 1 is 0.704 bits per heavy atom. The second kappa shape index (κ2) is 5.95. The summed E-state index contributed by atoms with van der Waals surface area (Å²) in [7, 11) is 0. The van der Waals surface area contributed by atoms with Crippen LogP contribution in [0.5, 0.6) is 0 Å². The number of H-pyrrole nitrogens is 2. The average Bonchev–Trinajstić information content (AvgIpc) is 3.40. The van der Waals surface area contributed by atoms with Gasteiger partial charge in [-0.15, -0.1) is 0 Å². The van der Waals surface area contributed by atoms with Crippen LogP contribution in [0.25, 0.3) is 52.4 Å². The molecule has 0 radical (unpaired) electrons. The van der Waals surface area contributed by atoms with E-state index in [-0.39, 0.29) is 0 Å². The minimum Gasteiger partial charge on any atom is -0.355 e. The average molecular weight is 350 g/mol. The Kier molecular flexibility index (Phi) is 3.44. The summed E-state index contributed by atoms with van der Waals surface area (Å²) in [6.07, 6.45) is 9.92. The van der Waals surface area contributed by atoms with Crippen molar-refractivity contribution in [2.45, 2.75) is 6.92 Å². The lowest BCUT2D eigenvalue weighted by Gasteiger charge is -1.88. The van der Waals surface area contributed by atoms with E-state index < -0.39 is 0 Å². The predicted molar refractivity (Wildman–Crippen MR) is 114 cm³/mol. The molecule has 4 nitrogen and oxygen atoms in total. The van der Waals surface area contributed by atoms with Gasteiger partial charge in [-0.25, -0.2) is 9.97 Å². The molecule has 0 unspecified atom stereocenters. The summed E-state index contributed by atoms with van der Waals surface area (Å²) in [6, 6.07) is 12.4. The Bertz CT molecular complexity index is 1300. The van der Waals surface area contributed by atoms with Gasteiger partial charge in [-0.3, -0.25) is 0 Å². The maximum absolute atomic E-state index is 4.66. The predicted octanol–water partition coefficient (Wildman–Crippen LogP) is 5.61. The van der Waals surface area contributed by atoms with Crippen molar-refractivity contribution in [3.8, 4) is 0 Å². The van der Waals surface area contributed by atoms with Crippen LogP contribution in [0.3, 0.4) is 0 Å². The molecule has 8 bridgehead atoms. The van der Waals surface area contributed by atoms with Crippen molar-refractivity contribution >= 4 is 52.4 Å². The fourth-order valence-electron chi connectivity index (χ4n) is 3.43. The third kappa shape index (κ3) is 2.91. The first-order chi connectivity index (χ1) is 13.2. The zero-order valence-corrected chi connectivity index (χ0v) is 15.0. The molecule has 0 atom stereocenters. The standard InChI is InChI=1S/C23H18N4/c1-3-15-9-21-12-19-7-5-17(25-19)10-16-4-6-18(24-16)11-20-8-14(2)22(26-20)13-23(15)27-21/h3-13,26-27H,1H2,2H3. The largest absolute Gasteiger partial charge is 0.355 e. The van der Waals surface area contributed by atoms with E-state index in [4.69, 9.17) is 0 Å². The van der Waals surface area contributed by atoms with Crippen molar-refractivity contribution < 1.29 is 0 Å². The van der Waals surface area contributed by atoms with E-state index in [9.17, 15) is 0 Å². The number of nitrogens with zero attached hydrogens (tertiary/aromatic N) is 2. The van der Waals surface area contributed by atoms with Crippen LogP contribution in [-0.4, -0.2) is 19.9 Å². The molecule has 5 heterocycles. The topological polar surface area (TPSA) is 57.4 Å². The third-order valence-electron chi connectivity index (χ3n) is 4.75. The number of hydrogen-bond donors (Lipinski definition) is 2. The quantitative estimate of drug-likeness (QED) is 0.413. The van der Waals surface area contributed by atoms with E-state index in [2.05, 4.69) is 57.7 Å². The molecule has 27 heavy (non-hydrogen) atoms. The van der Waals surface area contributed by atoms with E-state index in [0.717, 1.165) is 50.4 Å². The van der Waals surface area contributed by atoms with Gasteiger partial charge in [0.2, 0.25) is 0 Å². The van der Waals surface area contributed by atoms with Crippen molar-refractivity contribution in [2.75, 3.05) is 0 Å². The highest BCUT2D eigenvalue weighted by atomic mass is 14.8. The van der Waals surface area contributed by atoms with E-state index in [0.29, 0.717) is 0 Å². The lowest BCUT2D eigenvalue weighted by Crippen LogP contribution is -1.77. The Labute approximate surface area is 156 Å². The lowest BCUT2D eigenvalue weighted by molar-refractivity contribution is 1.28. The molecule has 130 valence electrons. The van der Waals surface area contributed by atoms with E-state index in [1.165, 1.54) is 5.56 Å². The second-order valence-electron chi connectivity index (χ2n) is 6.79. The van der Waals surface area contributed by atoms with Crippen molar-refractivity contribution in [3.05, 3.63) is 76.9 Å². The Morgan fingerprint density at radius 3 is 1.89 bits per heavy atom. The summed E-state index contributed by atoms with van der Waals surface area (Å²) in [5, 5.41) is 0. The molecule has 0 amide bonds. The van der Waals surface area contributed by atoms with E-state index >= 15 is 0 Å².